The first-order chi connectivity index (χ1) is 8.27. The molecule has 4 nitrogen and oxygen atoms in total. The third kappa shape index (κ3) is 2.64. The van der Waals surface area contributed by atoms with Gasteiger partial charge in [0.25, 0.3) is 0 Å². The van der Waals surface area contributed by atoms with Crippen LogP contribution in [0.5, 0.6) is 5.75 Å². The predicted molar refractivity (Wildman–Crippen MR) is 70.8 cm³/mol. The Morgan fingerprint density at radius 3 is 1.94 bits per heavy atom. The number of phenolic OH excluding ortho intramolecular Hbond substituents is 1. The van der Waals surface area contributed by atoms with Gasteiger partial charge in [-0.2, -0.15) is 0 Å². The van der Waals surface area contributed by atoms with E-state index in [-0.39, 0.29) is 17.6 Å². The molecular formula is C14H21NO3. The molecule has 0 aliphatic rings. The molecular weight excluding hydrogens is 230 g/mol. The van der Waals surface area contributed by atoms with E-state index in [1.165, 1.54) is 0 Å². The highest BCUT2D eigenvalue weighted by molar-refractivity contribution is 5.77. The van der Waals surface area contributed by atoms with Crippen molar-refractivity contribution in [1.29, 1.82) is 0 Å². The fourth-order valence-corrected chi connectivity index (χ4v) is 2.06. The maximum Gasteiger partial charge on any atom is 0.325 e. The Labute approximate surface area is 107 Å². The molecule has 0 aliphatic heterocycles. The molecule has 1 atom stereocenters. The van der Waals surface area contributed by atoms with Crippen molar-refractivity contribution < 1.29 is 15.0 Å². The highest BCUT2D eigenvalue weighted by Crippen LogP contribution is 2.37. The molecule has 0 amide bonds. The van der Waals surface area contributed by atoms with Crippen LogP contribution in [0.3, 0.4) is 0 Å². The van der Waals surface area contributed by atoms with E-state index in [0.29, 0.717) is 5.56 Å². The number of rotatable bonds is 4. The molecule has 0 bridgehead atoms. The summed E-state index contributed by atoms with van der Waals surface area (Å²) in [6.45, 7) is 7.78. The number of carbonyl (C=O) groups is 1. The first-order valence-corrected chi connectivity index (χ1v) is 6.11. The Morgan fingerprint density at radius 2 is 1.56 bits per heavy atom. The van der Waals surface area contributed by atoms with Crippen molar-refractivity contribution in [1.82, 2.24) is 0 Å². The fraction of sp³-hybridized carbons (Fsp3) is 0.500. The molecule has 18 heavy (non-hydrogen) atoms. The van der Waals surface area contributed by atoms with Crippen molar-refractivity contribution in [3.05, 3.63) is 28.8 Å². The largest absolute Gasteiger partial charge is 0.507 e. The molecule has 4 N–H and O–H groups in total. The first kappa shape index (κ1) is 14.5. The second-order valence-electron chi connectivity index (χ2n) is 5.13. The van der Waals surface area contributed by atoms with Gasteiger partial charge in [0.05, 0.1) is 0 Å². The number of carboxylic acids is 1. The number of phenols is 1. The Bertz CT molecular complexity index is 453. The molecule has 100 valence electrons. The Balaban J connectivity index is 3.50. The average molecular weight is 251 g/mol. The van der Waals surface area contributed by atoms with E-state index >= 15 is 0 Å². The summed E-state index contributed by atoms with van der Waals surface area (Å²) < 4.78 is 0. The van der Waals surface area contributed by atoms with Gasteiger partial charge in [-0.1, -0.05) is 39.8 Å². The Hall–Kier alpha value is -1.55. The van der Waals surface area contributed by atoms with Gasteiger partial charge in [-0.3, -0.25) is 4.79 Å². The van der Waals surface area contributed by atoms with Crippen LogP contribution in [0.4, 0.5) is 0 Å². The SMILES string of the molecule is CC(C)c1ccc(C(C)C)c(C(N)C(=O)O)c1O. The van der Waals surface area contributed by atoms with Crippen LogP contribution >= 0.6 is 0 Å². The van der Waals surface area contributed by atoms with Crippen LogP contribution in [-0.2, 0) is 4.79 Å². The summed E-state index contributed by atoms with van der Waals surface area (Å²) in [4.78, 5) is 11.1. The molecule has 0 saturated carbocycles. The van der Waals surface area contributed by atoms with Gasteiger partial charge in [0, 0.05) is 5.56 Å². The van der Waals surface area contributed by atoms with Crippen molar-refractivity contribution in [2.45, 2.75) is 45.6 Å². The van der Waals surface area contributed by atoms with Crippen molar-refractivity contribution >= 4 is 5.97 Å². The second kappa shape index (κ2) is 5.40. The summed E-state index contributed by atoms with van der Waals surface area (Å²) in [5, 5.41) is 19.3. The number of nitrogens with two attached hydrogens (primary N) is 1. The minimum atomic E-state index is -1.19. The van der Waals surface area contributed by atoms with Crippen LogP contribution in [0.15, 0.2) is 12.1 Å². The fourth-order valence-electron chi connectivity index (χ4n) is 2.06. The van der Waals surface area contributed by atoms with Gasteiger partial charge in [0.15, 0.2) is 0 Å². The molecule has 1 rings (SSSR count). The lowest BCUT2D eigenvalue weighted by molar-refractivity contribution is -0.138. The first-order valence-electron chi connectivity index (χ1n) is 6.11. The van der Waals surface area contributed by atoms with Crippen LogP contribution in [-0.4, -0.2) is 16.2 Å². The zero-order chi connectivity index (χ0) is 14.0. The number of aliphatic carboxylic acids is 1. The maximum atomic E-state index is 11.1. The summed E-state index contributed by atoms with van der Waals surface area (Å²) in [5.41, 5.74) is 7.54. The summed E-state index contributed by atoms with van der Waals surface area (Å²) in [6, 6.07) is 2.51. The van der Waals surface area contributed by atoms with Gasteiger partial charge in [-0.15, -0.1) is 0 Å². The second-order valence-corrected chi connectivity index (χ2v) is 5.13. The molecule has 0 saturated heterocycles. The van der Waals surface area contributed by atoms with E-state index in [0.717, 1.165) is 11.1 Å². The van der Waals surface area contributed by atoms with Crippen molar-refractivity contribution in [2.75, 3.05) is 0 Å². The Morgan fingerprint density at radius 1 is 1.11 bits per heavy atom. The normalized spacial score (nSPS) is 13.1. The molecule has 0 spiro atoms. The summed E-state index contributed by atoms with van der Waals surface area (Å²) in [7, 11) is 0. The van der Waals surface area contributed by atoms with Crippen LogP contribution in [0.2, 0.25) is 0 Å². The van der Waals surface area contributed by atoms with E-state index in [1.54, 1.807) is 0 Å². The van der Waals surface area contributed by atoms with Crippen molar-refractivity contribution in [2.24, 2.45) is 5.73 Å². The van der Waals surface area contributed by atoms with Crippen molar-refractivity contribution in [3.63, 3.8) is 0 Å². The molecule has 1 aromatic carbocycles. The zero-order valence-electron chi connectivity index (χ0n) is 11.3. The lowest BCUT2D eigenvalue weighted by atomic mass is 9.87. The number of carboxylic acid groups (broad SMARTS) is 1. The minimum Gasteiger partial charge on any atom is -0.507 e. The monoisotopic (exact) mass is 251 g/mol. The molecule has 4 heteroatoms. The number of hydrogen-bond acceptors (Lipinski definition) is 3. The number of hydrogen-bond donors (Lipinski definition) is 3. The van der Waals surface area contributed by atoms with E-state index in [2.05, 4.69) is 0 Å². The lowest BCUT2D eigenvalue weighted by Crippen LogP contribution is -2.23. The smallest absolute Gasteiger partial charge is 0.325 e. The average Bonchev–Trinajstić information content (AvgIpc) is 2.26. The summed E-state index contributed by atoms with van der Waals surface area (Å²) in [5.74, 6) is -0.886. The van der Waals surface area contributed by atoms with Crippen LogP contribution in [0.25, 0.3) is 0 Å². The van der Waals surface area contributed by atoms with Gasteiger partial charge >= 0.3 is 5.97 Å². The molecule has 0 heterocycles. The van der Waals surface area contributed by atoms with Gasteiger partial charge in [-0.25, -0.2) is 0 Å². The third-order valence-corrected chi connectivity index (χ3v) is 3.10. The van der Waals surface area contributed by atoms with E-state index in [1.807, 2.05) is 39.8 Å². The maximum absolute atomic E-state index is 11.1. The number of aromatic hydroxyl groups is 1. The van der Waals surface area contributed by atoms with E-state index in [9.17, 15) is 9.90 Å². The summed E-state index contributed by atoms with van der Waals surface area (Å²) >= 11 is 0. The topological polar surface area (TPSA) is 83.6 Å². The van der Waals surface area contributed by atoms with E-state index < -0.39 is 12.0 Å². The Kier molecular flexibility index (Phi) is 4.35. The third-order valence-electron chi connectivity index (χ3n) is 3.10. The molecule has 1 unspecified atom stereocenters. The van der Waals surface area contributed by atoms with E-state index in [4.69, 9.17) is 10.8 Å². The zero-order valence-corrected chi connectivity index (χ0v) is 11.3. The molecule has 1 aromatic rings. The summed E-state index contributed by atoms with van der Waals surface area (Å²) in [6.07, 6.45) is 0. The van der Waals surface area contributed by atoms with Gasteiger partial charge in [-0.05, 0) is 23.0 Å². The molecule has 0 fully saturated rings. The highest BCUT2D eigenvalue weighted by Gasteiger charge is 2.25. The van der Waals surface area contributed by atoms with Crippen LogP contribution in [0, 0.1) is 0 Å². The standard InChI is InChI=1S/C14H21NO3/c1-7(2)9-5-6-10(8(3)4)13(16)11(9)12(15)14(17)18/h5-8,12,16H,15H2,1-4H3,(H,17,18). The molecule has 0 aromatic heterocycles. The number of benzene rings is 1. The van der Waals surface area contributed by atoms with Crippen LogP contribution < -0.4 is 5.73 Å². The molecule has 0 aliphatic carbocycles. The van der Waals surface area contributed by atoms with Gasteiger partial charge in [0.1, 0.15) is 11.8 Å². The lowest BCUT2D eigenvalue weighted by Gasteiger charge is -2.21. The predicted octanol–water partition coefficient (Wildman–Crippen LogP) is 2.72. The van der Waals surface area contributed by atoms with Gasteiger partial charge < -0.3 is 15.9 Å². The highest BCUT2D eigenvalue weighted by atomic mass is 16.4. The minimum absolute atomic E-state index is 0.0195. The molecule has 0 radical (unpaired) electrons. The van der Waals surface area contributed by atoms with Gasteiger partial charge in [0.2, 0.25) is 0 Å². The quantitative estimate of drug-likeness (QED) is 0.768. The van der Waals surface area contributed by atoms with Crippen molar-refractivity contribution in [3.8, 4) is 5.75 Å². The van der Waals surface area contributed by atoms with Crippen LogP contribution in [0.1, 0.15) is 62.3 Å².